The zero-order valence-electron chi connectivity index (χ0n) is 11.4. The van der Waals surface area contributed by atoms with Crippen molar-refractivity contribution in [1.29, 1.82) is 0 Å². The highest BCUT2D eigenvalue weighted by Gasteiger charge is 2.41. The molecule has 2 atom stereocenters. The average Bonchev–Trinajstić information content (AvgIpc) is 2.86. The number of aromatic nitrogens is 2. The third-order valence-corrected chi connectivity index (χ3v) is 5.41. The van der Waals surface area contributed by atoms with Gasteiger partial charge in [0.25, 0.3) is 0 Å². The van der Waals surface area contributed by atoms with Gasteiger partial charge in [-0.3, -0.25) is 0 Å². The molecule has 0 spiro atoms. The van der Waals surface area contributed by atoms with Gasteiger partial charge in [0, 0.05) is 17.0 Å². The summed E-state index contributed by atoms with van der Waals surface area (Å²) in [5.41, 5.74) is 5.89. The highest BCUT2D eigenvalue weighted by Crippen LogP contribution is 2.42. The molecule has 4 heterocycles. The van der Waals surface area contributed by atoms with Crippen LogP contribution in [0.25, 0.3) is 10.2 Å². The number of aliphatic hydroxyl groups is 1. The summed E-state index contributed by atoms with van der Waals surface area (Å²) in [6.07, 6.45) is 3.78. The number of fused-ring (bicyclic) bond motifs is 3. The second-order valence-corrected chi connectivity index (χ2v) is 7.13. The molecule has 2 aliphatic heterocycles. The van der Waals surface area contributed by atoms with Crippen LogP contribution in [-0.2, 0) is 0 Å². The van der Waals surface area contributed by atoms with Crippen molar-refractivity contribution in [2.45, 2.75) is 50.8 Å². The molecule has 2 fully saturated rings. The lowest BCUT2D eigenvalue weighted by atomic mass is 9.99. The Hall–Kier alpha value is -1.40. The van der Waals surface area contributed by atoms with E-state index in [0.29, 0.717) is 18.0 Å². The first-order valence-electron chi connectivity index (χ1n) is 7.12. The van der Waals surface area contributed by atoms with Gasteiger partial charge in [0.1, 0.15) is 10.6 Å². The van der Waals surface area contributed by atoms with Crippen LogP contribution in [0, 0.1) is 6.92 Å². The number of piperidine rings is 1. The summed E-state index contributed by atoms with van der Waals surface area (Å²) < 4.78 is 0. The maximum atomic E-state index is 9.94. The van der Waals surface area contributed by atoms with E-state index in [9.17, 15) is 5.11 Å². The maximum Gasteiger partial charge on any atom is 0.223 e. The lowest BCUT2D eigenvalue weighted by Gasteiger charge is -2.38. The Bertz CT molecular complexity index is 656. The van der Waals surface area contributed by atoms with Crippen LogP contribution in [0.2, 0.25) is 0 Å². The van der Waals surface area contributed by atoms with Crippen LogP contribution in [0.3, 0.4) is 0 Å². The fraction of sp³-hybridized carbons (Fsp3) is 0.571. The van der Waals surface area contributed by atoms with Crippen molar-refractivity contribution in [3.8, 4) is 0 Å². The summed E-state index contributed by atoms with van der Waals surface area (Å²) in [7, 11) is 0. The highest BCUT2D eigenvalue weighted by atomic mass is 32.1. The van der Waals surface area contributed by atoms with Crippen molar-refractivity contribution >= 4 is 33.3 Å². The predicted molar refractivity (Wildman–Crippen MR) is 81.1 cm³/mol. The number of rotatable bonds is 1. The standard InChI is InChI=1S/C14H18N4OS/c1-7-4-11-12(16-14(15)17-13(11)20-7)18-8-2-3-9(18)6-10(19)5-8/h4,8-10,19H,2-3,5-6H2,1H3,(H2,15,16,17). The Morgan fingerprint density at radius 2 is 2.00 bits per heavy atom. The van der Waals surface area contributed by atoms with Crippen molar-refractivity contribution in [1.82, 2.24) is 9.97 Å². The Morgan fingerprint density at radius 1 is 1.30 bits per heavy atom. The monoisotopic (exact) mass is 290 g/mol. The molecule has 0 saturated carbocycles. The molecule has 2 saturated heterocycles. The SMILES string of the molecule is Cc1cc2c(N3C4CCC3CC(O)C4)nc(N)nc2s1. The van der Waals surface area contributed by atoms with E-state index in [0.717, 1.165) is 41.7 Å². The minimum absolute atomic E-state index is 0.164. The molecule has 0 amide bonds. The third kappa shape index (κ3) is 1.78. The van der Waals surface area contributed by atoms with E-state index in [4.69, 9.17) is 5.73 Å². The molecule has 2 unspecified atom stereocenters. The molecule has 2 aromatic rings. The second kappa shape index (κ2) is 4.30. The molecular weight excluding hydrogens is 272 g/mol. The fourth-order valence-electron chi connectivity index (χ4n) is 3.73. The van der Waals surface area contributed by atoms with Crippen LogP contribution in [0.1, 0.15) is 30.6 Å². The molecule has 0 aliphatic carbocycles. The van der Waals surface area contributed by atoms with Gasteiger partial charge >= 0.3 is 0 Å². The quantitative estimate of drug-likeness (QED) is 0.841. The zero-order valence-corrected chi connectivity index (χ0v) is 12.2. The molecule has 106 valence electrons. The first-order valence-corrected chi connectivity index (χ1v) is 7.93. The number of nitrogens with two attached hydrogens (primary N) is 1. The van der Waals surface area contributed by atoms with E-state index in [1.54, 1.807) is 11.3 Å². The van der Waals surface area contributed by atoms with Crippen LogP contribution in [-0.4, -0.2) is 33.3 Å². The number of hydrogen-bond acceptors (Lipinski definition) is 6. The Kier molecular flexibility index (Phi) is 2.65. The van der Waals surface area contributed by atoms with Gasteiger partial charge in [0.15, 0.2) is 0 Å². The highest BCUT2D eigenvalue weighted by molar-refractivity contribution is 7.18. The Labute approximate surface area is 121 Å². The smallest absolute Gasteiger partial charge is 0.223 e. The molecule has 20 heavy (non-hydrogen) atoms. The van der Waals surface area contributed by atoms with Crippen molar-refractivity contribution < 1.29 is 5.11 Å². The fourth-order valence-corrected chi connectivity index (χ4v) is 4.61. The van der Waals surface area contributed by atoms with Gasteiger partial charge in [-0.1, -0.05) is 0 Å². The molecule has 4 rings (SSSR count). The summed E-state index contributed by atoms with van der Waals surface area (Å²) in [4.78, 5) is 13.5. The number of aryl methyl sites for hydroxylation is 1. The van der Waals surface area contributed by atoms with E-state index in [1.807, 2.05) is 0 Å². The molecule has 2 bridgehead atoms. The average molecular weight is 290 g/mol. The van der Waals surface area contributed by atoms with Gasteiger partial charge < -0.3 is 15.7 Å². The van der Waals surface area contributed by atoms with E-state index in [2.05, 4.69) is 27.9 Å². The van der Waals surface area contributed by atoms with Gasteiger partial charge in [0.2, 0.25) is 5.95 Å². The normalized spacial score (nSPS) is 29.3. The molecule has 0 radical (unpaired) electrons. The van der Waals surface area contributed by atoms with E-state index in [1.165, 1.54) is 4.88 Å². The Morgan fingerprint density at radius 3 is 2.70 bits per heavy atom. The van der Waals surface area contributed by atoms with E-state index in [-0.39, 0.29) is 6.10 Å². The van der Waals surface area contributed by atoms with E-state index >= 15 is 0 Å². The number of aliphatic hydroxyl groups excluding tert-OH is 1. The molecule has 2 aromatic heterocycles. The minimum Gasteiger partial charge on any atom is -0.393 e. The van der Waals surface area contributed by atoms with Crippen molar-refractivity contribution in [3.63, 3.8) is 0 Å². The van der Waals surface area contributed by atoms with Crippen LogP contribution < -0.4 is 10.6 Å². The lowest BCUT2D eigenvalue weighted by Crippen LogP contribution is -2.45. The van der Waals surface area contributed by atoms with Crippen molar-refractivity contribution in [2.24, 2.45) is 0 Å². The summed E-state index contributed by atoms with van der Waals surface area (Å²) in [5, 5.41) is 11.1. The predicted octanol–water partition coefficient (Wildman–Crippen LogP) is 2.07. The number of anilines is 2. The van der Waals surface area contributed by atoms with Gasteiger partial charge in [-0.2, -0.15) is 4.98 Å². The van der Waals surface area contributed by atoms with Crippen LogP contribution in [0.15, 0.2) is 6.07 Å². The molecule has 6 heteroatoms. The van der Waals surface area contributed by atoms with Crippen molar-refractivity contribution in [2.75, 3.05) is 10.6 Å². The summed E-state index contributed by atoms with van der Waals surface area (Å²) in [5.74, 6) is 1.32. The Balaban J connectivity index is 1.86. The summed E-state index contributed by atoms with van der Waals surface area (Å²) in [6, 6.07) is 2.93. The molecule has 5 nitrogen and oxygen atoms in total. The first kappa shape index (κ1) is 12.3. The van der Waals surface area contributed by atoms with Crippen molar-refractivity contribution in [3.05, 3.63) is 10.9 Å². The van der Waals surface area contributed by atoms with Gasteiger partial charge in [-0.25, -0.2) is 4.98 Å². The topological polar surface area (TPSA) is 75.3 Å². The first-order chi connectivity index (χ1) is 9.61. The van der Waals surface area contributed by atoms with Crippen LogP contribution >= 0.6 is 11.3 Å². The van der Waals surface area contributed by atoms with Crippen LogP contribution in [0.4, 0.5) is 11.8 Å². The molecule has 2 aliphatic rings. The third-order valence-electron chi connectivity index (χ3n) is 4.47. The second-order valence-electron chi connectivity index (χ2n) is 5.90. The number of hydrogen-bond donors (Lipinski definition) is 2. The lowest BCUT2D eigenvalue weighted by molar-refractivity contribution is 0.126. The number of nitrogens with zero attached hydrogens (tertiary/aromatic N) is 3. The number of thiophene rings is 1. The minimum atomic E-state index is -0.164. The van der Waals surface area contributed by atoms with Gasteiger partial charge in [0.05, 0.1) is 11.5 Å². The maximum absolute atomic E-state index is 9.94. The molecule has 0 aromatic carbocycles. The summed E-state index contributed by atoms with van der Waals surface area (Å²) in [6.45, 7) is 2.08. The molecule has 3 N–H and O–H groups in total. The largest absolute Gasteiger partial charge is 0.393 e. The van der Waals surface area contributed by atoms with Gasteiger partial charge in [-0.15, -0.1) is 11.3 Å². The van der Waals surface area contributed by atoms with Crippen LogP contribution in [0.5, 0.6) is 0 Å². The molecular formula is C14H18N4OS. The van der Waals surface area contributed by atoms with E-state index < -0.39 is 0 Å². The van der Waals surface area contributed by atoms with Gasteiger partial charge in [-0.05, 0) is 38.7 Å². The summed E-state index contributed by atoms with van der Waals surface area (Å²) >= 11 is 1.66. The number of nitrogen functional groups attached to an aromatic ring is 1. The zero-order chi connectivity index (χ0) is 13.9.